The Morgan fingerprint density at radius 3 is 1.81 bits per heavy atom. The molecule has 0 aliphatic heterocycles. The van der Waals surface area contributed by atoms with Crippen LogP contribution in [0.4, 0.5) is 30.7 Å². The van der Waals surface area contributed by atoms with E-state index in [-0.39, 0.29) is 11.1 Å². The highest BCUT2D eigenvalue weighted by Gasteiger charge is 2.27. The van der Waals surface area contributed by atoms with Crippen molar-refractivity contribution in [3.8, 4) is 33.5 Å². The fourth-order valence-corrected chi connectivity index (χ4v) is 4.47. The van der Waals surface area contributed by atoms with Crippen molar-refractivity contribution in [3.63, 3.8) is 0 Å². The zero-order valence-corrected chi connectivity index (χ0v) is 19.4. The van der Waals surface area contributed by atoms with Gasteiger partial charge in [-0.1, -0.05) is 24.3 Å². The Hall–Kier alpha value is -4.20. The van der Waals surface area contributed by atoms with Gasteiger partial charge in [0.15, 0.2) is 29.5 Å². The normalized spacial score (nSPS) is 11.4. The summed E-state index contributed by atoms with van der Waals surface area (Å²) in [5.74, 6) is -11.6. The van der Waals surface area contributed by atoms with Crippen LogP contribution in [-0.4, -0.2) is 0 Å². The summed E-state index contributed by atoms with van der Waals surface area (Å²) in [6, 6.07) is 14.4. The zero-order chi connectivity index (χ0) is 26.6. The molecule has 0 saturated carbocycles. The third-order valence-corrected chi connectivity index (χ3v) is 6.36. The SMILES string of the molecule is Cc1cc2ccc(-c3c(F)c(F)c(F)c(F)c3F)cc2cc1-c1cc(-c2c(F)cccc2F)cc[n+]1C. The summed E-state index contributed by atoms with van der Waals surface area (Å²) in [5.41, 5.74) is 0.919. The number of aromatic nitrogens is 1. The number of nitrogens with zero attached hydrogens (tertiary/aromatic N) is 1. The highest BCUT2D eigenvalue weighted by atomic mass is 19.2. The summed E-state index contributed by atoms with van der Waals surface area (Å²) in [6.45, 7) is 1.82. The Morgan fingerprint density at radius 1 is 0.568 bits per heavy atom. The van der Waals surface area contributed by atoms with E-state index in [1.165, 1.54) is 24.3 Å². The van der Waals surface area contributed by atoms with Gasteiger partial charge in [-0.25, -0.2) is 35.3 Å². The zero-order valence-electron chi connectivity index (χ0n) is 19.4. The third kappa shape index (κ3) is 4.02. The Bertz CT molecular complexity index is 1680. The molecule has 0 amide bonds. The lowest BCUT2D eigenvalue weighted by Crippen LogP contribution is -2.30. The van der Waals surface area contributed by atoms with Crippen LogP contribution < -0.4 is 4.57 Å². The molecule has 37 heavy (non-hydrogen) atoms. The van der Waals surface area contributed by atoms with Crippen molar-refractivity contribution in [1.82, 2.24) is 0 Å². The molecule has 0 spiro atoms. The minimum atomic E-state index is -2.23. The molecule has 0 atom stereocenters. The Morgan fingerprint density at radius 2 is 1.16 bits per heavy atom. The molecule has 0 saturated heterocycles. The Kier molecular flexibility index (Phi) is 5.98. The van der Waals surface area contributed by atoms with Crippen LogP contribution in [0.5, 0.6) is 0 Å². The second-order valence-electron chi connectivity index (χ2n) is 8.68. The van der Waals surface area contributed by atoms with Crippen molar-refractivity contribution >= 4 is 10.8 Å². The molecule has 0 fully saturated rings. The quantitative estimate of drug-likeness (QED) is 0.100. The van der Waals surface area contributed by atoms with Crippen molar-refractivity contribution in [3.05, 3.63) is 113 Å². The maximum atomic E-state index is 14.4. The minimum Gasteiger partial charge on any atom is -0.206 e. The number of rotatable bonds is 3. The predicted octanol–water partition coefficient (Wildman–Crippen LogP) is 7.95. The third-order valence-electron chi connectivity index (χ3n) is 6.36. The molecule has 4 aromatic carbocycles. The topological polar surface area (TPSA) is 3.88 Å². The molecule has 0 unspecified atom stereocenters. The molecule has 186 valence electrons. The summed E-state index contributed by atoms with van der Waals surface area (Å²) in [7, 11) is 1.74. The van der Waals surface area contributed by atoms with Gasteiger partial charge in [-0.2, -0.15) is 0 Å². The molecular weight excluding hydrogens is 495 g/mol. The van der Waals surface area contributed by atoms with E-state index in [0.29, 0.717) is 27.6 Å². The molecule has 1 heterocycles. The van der Waals surface area contributed by atoms with Gasteiger partial charge in [-0.3, -0.25) is 0 Å². The highest BCUT2D eigenvalue weighted by molar-refractivity contribution is 5.92. The van der Waals surface area contributed by atoms with Gasteiger partial charge in [0.05, 0.1) is 11.1 Å². The van der Waals surface area contributed by atoms with Gasteiger partial charge in [0.25, 0.3) is 0 Å². The fourth-order valence-electron chi connectivity index (χ4n) is 4.47. The smallest absolute Gasteiger partial charge is 0.206 e. The van der Waals surface area contributed by atoms with Crippen LogP contribution in [0, 0.1) is 47.6 Å². The molecule has 8 heteroatoms. The van der Waals surface area contributed by atoms with Crippen molar-refractivity contribution < 1.29 is 35.3 Å². The van der Waals surface area contributed by atoms with Crippen LogP contribution >= 0.6 is 0 Å². The Labute approximate surface area is 207 Å². The second-order valence-corrected chi connectivity index (χ2v) is 8.68. The largest absolute Gasteiger partial charge is 0.213 e. The minimum absolute atomic E-state index is 0.184. The number of halogens is 7. The maximum Gasteiger partial charge on any atom is 0.213 e. The van der Waals surface area contributed by atoms with Crippen LogP contribution in [0.3, 0.4) is 0 Å². The first-order valence-electron chi connectivity index (χ1n) is 11.1. The first-order valence-corrected chi connectivity index (χ1v) is 11.1. The van der Waals surface area contributed by atoms with Crippen molar-refractivity contribution in [2.24, 2.45) is 7.05 Å². The number of aryl methyl sites for hydroxylation is 2. The fraction of sp³-hybridized carbons (Fsp3) is 0.0690. The van der Waals surface area contributed by atoms with Crippen LogP contribution in [0.25, 0.3) is 44.3 Å². The molecule has 0 aliphatic rings. The average molecular weight is 512 g/mol. The molecular formula is C29H17F7N+. The number of benzene rings is 4. The number of pyridine rings is 1. The first-order chi connectivity index (χ1) is 17.6. The summed E-state index contributed by atoms with van der Waals surface area (Å²) in [4.78, 5) is 0. The van der Waals surface area contributed by atoms with E-state index in [0.717, 1.165) is 17.7 Å². The van der Waals surface area contributed by atoms with Gasteiger partial charge >= 0.3 is 0 Å². The van der Waals surface area contributed by atoms with Crippen LogP contribution in [0.15, 0.2) is 66.9 Å². The van der Waals surface area contributed by atoms with Gasteiger partial charge in [0.1, 0.15) is 18.7 Å². The maximum absolute atomic E-state index is 14.4. The molecule has 1 nitrogen and oxygen atoms in total. The van der Waals surface area contributed by atoms with Gasteiger partial charge in [-0.15, -0.1) is 0 Å². The lowest BCUT2D eigenvalue weighted by molar-refractivity contribution is -0.660. The molecule has 0 radical (unpaired) electrons. The Balaban J connectivity index is 1.70. The van der Waals surface area contributed by atoms with Crippen LogP contribution in [0.2, 0.25) is 0 Å². The monoisotopic (exact) mass is 512 g/mol. The second kappa shape index (κ2) is 9.03. The van der Waals surface area contributed by atoms with Gasteiger partial charge in [-0.05, 0) is 53.1 Å². The standard InChI is InChI=1S/C29H17F7N/c1-14-10-15-6-7-16(24-25(32)27(34)29(36)28(35)26(24)33)11-18(15)12-19(14)22-13-17(8-9-37(22)2)23-20(30)4-3-5-21(23)31/h3-13H,1-2H3/q+1. The molecule has 5 aromatic rings. The van der Waals surface area contributed by atoms with Crippen LogP contribution in [0.1, 0.15) is 5.56 Å². The van der Waals surface area contributed by atoms with E-state index in [9.17, 15) is 30.7 Å². The molecule has 0 aliphatic carbocycles. The average Bonchev–Trinajstić information content (AvgIpc) is 2.87. The number of fused-ring (bicyclic) bond motifs is 1. The first kappa shape index (κ1) is 24.5. The van der Waals surface area contributed by atoms with Crippen molar-refractivity contribution in [2.45, 2.75) is 6.92 Å². The van der Waals surface area contributed by atoms with E-state index in [4.69, 9.17) is 0 Å². The predicted molar refractivity (Wildman–Crippen MR) is 126 cm³/mol. The summed E-state index contributed by atoms with van der Waals surface area (Å²) in [5, 5.41) is 1.12. The lowest BCUT2D eigenvalue weighted by Gasteiger charge is -2.12. The number of hydrogen-bond donors (Lipinski definition) is 0. The van der Waals surface area contributed by atoms with E-state index in [1.54, 1.807) is 42.1 Å². The van der Waals surface area contributed by atoms with Crippen molar-refractivity contribution in [1.29, 1.82) is 0 Å². The van der Waals surface area contributed by atoms with E-state index in [1.807, 2.05) is 6.92 Å². The highest BCUT2D eigenvalue weighted by Crippen LogP contribution is 2.36. The molecule has 5 rings (SSSR count). The van der Waals surface area contributed by atoms with Gasteiger partial charge in [0.2, 0.25) is 11.5 Å². The molecule has 0 bridgehead atoms. The summed E-state index contributed by atoms with van der Waals surface area (Å²) in [6.07, 6.45) is 1.64. The van der Waals surface area contributed by atoms with Gasteiger partial charge in [0, 0.05) is 23.3 Å². The van der Waals surface area contributed by atoms with E-state index >= 15 is 0 Å². The van der Waals surface area contributed by atoms with Gasteiger partial charge < -0.3 is 0 Å². The van der Waals surface area contributed by atoms with E-state index < -0.39 is 46.3 Å². The molecule has 1 aromatic heterocycles. The van der Waals surface area contributed by atoms with Crippen LogP contribution in [-0.2, 0) is 7.05 Å². The summed E-state index contributed by atoms with van der Waals surface area (Å²) >= 11 is 0. The molecule has 0 N–H and O–H groups in total. The van der Waals surface area contributed by atoms with Crippen molar-refractivity contribution in [2.75, 3.05) is 0 Å². The lowest BCUT2D eigenvalue weighted by atomic mass is 9.94. The van der Waals surface area contributed by atoms with E-state index in [2.05, 4.69) is 0 Å². The number of hydrogen-bond acceptors (Lipinski definition) is 0. The summed E-state index contributed by atoms with van der Waals surface area (Å²) < 4.78 is 101.